The van der Waals surface area contributed by atoms with Crippen molar-refractivity contribution in [3.05, 3.63) is 0 Å². The zero-order chi connectivity index (χ0) is 12.7. The van der Waals surface area contributed by atoms with Crippen LogP contribution in [0.5, 0.6) is 0 Å². The van der Waals surface area contributed by atoms with Crippen LogP contribution in [0.1, 0.15) is 12.8 Å². The Labute approximate surface area is 101 Å². The van der Waals surface area contributed by atoms with E-state index in [1.807, 2.05) is 0 Å². The first-order chi connectivity index (χ1) is 8.03. The summed E-state index contributed by atoms with van der Waals surface area (Å²) in [5.74, 6) is 0.143. The van der Waals surface area contributed by atoms with Gasteiger partial charge in [0.25, 0.3) is 0 Å². The Kier molecular flexibility index (Phi) is 5.87. The van der Waals surface area contributed by atoms with Gasteiger partial charge in [-0.3, -0.25) is 4.79 Å². The number of hydrogen-bond donors (Lipinski definition) is 2. The van der Waals surface area contributed by atoms with Crippen LogP contribution in [0.25, 0.3) is 0 Å². The Bertz CT molecular complexity index is 341. The average molecular weight is 265 g/mol. The summed E-state index contributed by atoms with van der Waals surface area (Å²) in [6, 6.07) is 0. The summed E-state index contributed by atoms with van der Waals surface area (Å²) < 4.78 is 27.3. The second-order valence-electron chi connectivity index (χ2n) is 4.16. The van der Waals surface area contributed by atoms with Crippen molar-refractivity contribution in [2.75, 3.05) is 37.9 Å². The molecule has 0 aliphatic carbocycles. The summed E-state index contributed by atoms with van der Waals surface area (Å²) >= 11 is 0. The number of rotatable bonds is 7. The van der Waals surface area contributed by atoms with Gasteiger partial charge in [0.2, 0.25) is 5.91 Å². The Balaban J connectivity index is 2.09. The van der Waals surface area contributed by atoms with Crippen molar-refractivity contribution in [3.8, 4) is 0 Å². The molecule has 0 saturated carbocycles. The lowest BCUT2D eigenvalue weighted by molar-refractivity contribution is -0.122. The molecular weight excluding hydrogens is 246 g/mol. The van der Waals surface area contributed by atoms with Crippen LogP contribution in [0.4, 0.5) is 0 Å². The number of aliphatic hydroxyl groups is 1. The molecule has 1 fully saturated rings. The van der Waals surface area contributed by atoms with Crippen LogP contribution >= 0.6 is 0 Å². The molecule has 0 aromatic carbocycles. The summed E-state index contributed by atoms with van der Waals surface area (Å²) in [5, 5.41) is 11.1. The van der Waals surface area contributed by atoms with Crippen LogP contribution < -0.4 is 5.32 Å². The van der Waals surface area contributed by atoms with Gasteiger partial charge in [-0.15, -0.1) is 0 Å². The number of ether oxygens (including phenoxy) is 1. The zero-order valence-electron chi connectivity index (χ0n) is 9.72. The molecule has 0 spiro atoms. The molecule has 1 aliphatic rings. The molecule has 1 unspecified atom stereocenters. The highest BCUT2D eigenvalue weighted by Crippen LogP contribution is 2.21. The molecule has 100 valence electrons. The monoisotopic (exact) mass is 265 g/mol. The average Bonchev–Trinajstić information content (AvgIpc) is 2.57. The van der Waals surface area contributed by atoms with E-state index < -0.39 is 9.84 Å². The van der Waals surface area contributed by atoms with Crippen LogP contribution in [-0.4, -0.2) is 57.3 Å². The van der Waals surface area contributed by atoms with Gasteiger partial charge >= 0.3 is 0 Å². The fraction of sp³-hybridized carbons (Fsp3) is 0.900. The van der Waals surface area contributed by atoms with Crippen molar-refractivity contribution in [1.29, 1.82) is 0 Å². The largest absolute Gasteiger partial charge is 0.394 e. The lowest BCUT2D eigenvalue weighted by atomic mass is 10.1. The normalized spacial score (nSPS) is 22.5. The molecule has 0 aromatic rings. The molecule has 0 radical (unpaired) electrons. The standard InChI is InChI=1S/C10H19NO5S/c12-3-5-16-4-2-11-10(13)7-9-1-6-17(14,15)8-9/h9,12H,1-8H2,(H,11,13). The van der Waals surface area contributed by atoms with Gasteiger partial charge in [0.05, 0.1) is 31.3 Å². The number of sulfone groups is 1. The molecular formula is C10H19NO5S. The van der Waals surface area contributed by atoms with E-state index in [4.69, 9.17) is 9.84 Å². The minimum Gasteiger partial charge on any atom is -0.394 e. The summed E-state index contributed by atoms with van der Waals surface area (Å²) in [7, 11) is -2.91. The summed E-state index contributed by atoms with van der Waals surface area (Å²) in [4.78, 5) is 11.4. The first-order valence-corrected chi connectivity index (χ1v) is 7.51. The Morgan fingerprint density at radius 2 is 2.18 bits per heavy atom. The van der Waals surface area contributed by atoms with E-state index in [0.717, 1.165) is 0 Å². The van der Waals surface area contributed by atoms with Crippen LogP contribution in [0, 0.1) is 5.92 Å². The maximum absolute atomic E-state index is 11.4. The van der Waals surface area contributed by atoms with E-state index in [-0.39, 0.29) is 43.0 Å². The van der Waals surface area contributed by atoms with Crippen LogP contribution in [0.3, 0.4) is 0 Å². The maximum Gasteiger partial charge on any atom is 0.220 e. The van der Waals surface area contributed by atoms with Crippen molar-refractivity contribution in [2.45, 2.75) is 12.8 Å². The van der Waals surface area contributed by atoms with E-state index in [0.29, 0.717) is 19.6 Å². The van der Waals surface area contributed by atoms with Gasteiger partial charge in [-0.05, 0) is 12.3 Å². The molecule has 6 nitrogen and oxygen atoms in total. The molecule has 1 amide bonds. The first-order valence-electron chi connectivity index (χ1n) is 5.69. The van der Waals surface area contributed by atoms with Crippen molar-refractivity contribution in [2.24, 2.45) is 5.92 Å². The minimum atomic E-state index is -2.91. The van der Waals surface area contributed by atoms with Crippen LogP contribution in [0.15, 0.2) is 0 Å². The fourth-order valence-corrected chi connectivity index (χ4v) is 3.66. The lowest BCUT2D eigenvalue weighted by Gasteiger charge is -2.08. The summed E-state index contributed by atoms with van der Waals surface area (Å²) in [5.41, 5.74) is 0. The molecule has 0 aromatic heterocycles. The molecule has 17 heavy (non-hydrogen) atoms. The van der Waals surface area contributed by atoms with Crippen molar-refractivity contribution in [3.63, 3.8) is 0 Å². The van der Waals surface area contributed by atoms with Crippen LogP contribution in [0.2, 0.25) is 0 Å². The number of carbonyl (C=O) groups excluding carboxylic acids is 1. The molecule has 1 saturated heterocycles. The molecule has 1 atom stereocenters. The van der Waals surface area contributed by atoms with E-state index >= 15 is 0 Å². The van der Waals surface area contributed by atoms with E-state index in [1.165, 1.54) is 0 Å². The molecule has 1 aliphatic heterocycles. The predicted molar refractivity (Wildman–Crippen MR) is 62.3 cm³/mol. The molecule has 1 heterocycles. The van der Waals surface area contributed by atoms with E-state index in [9.17, 15) is 13.2 Å². The molecule has 7 heteroatoms. The number of aliphatic hydroxyl groups excluding tert-OH is 1. The van der Waals surface area contributed by atoms with E-state index in [1.54, 1.807) is 0 Å². The predicted octanol–water partition coefficient (Wildman–Crippen LogP) is -1.06. The van der Waals surface area contributed by atoms with Crippen molar-refractivity contribution < 1.29 is 23.1 Å². The second kappa shape index (κ2) is 6.93. The molecule has 0 bridgehead atoms. The van der Waals surface area contributed by atoms with Gasteiger partial charge in [0, 0.05) is 13.0 Å². The highest BCUT2D eigenvalue weighted by molar-refractivity contribution is 7.91. The second-order valence-corrected chi connectivity index (χ2v) is 6.39. The molecule has 1 rings (SSSR count). The summed E-state index contributed by atoms with van der Waals surface area (Å²) in [6.45, 7) is 0.970. The van der Waals surface area contributed by atoms with Gasteiger partial charge in [-0.25, -0.2) is 8.42 Å². The fourth-order valence-electron chi connectivity index (χ4n) is 1.80. The highest BCUT2D eigenvalue weighted by atomic mass is 32.2. The van der Waals surface area contributed by atoms with Crippen molar-refractivity contribution >= 4 is 15.7 Å². The Morgan fingerprint density at radius 1 is 1.41 bits per heavy atom. The number of amides is 1. The van der Waals surface area contributed by atoms with E-state index in [2.05, 4.69) is 5.32 Å². The Hall–Kier alpha value is -0.660. The minimum absolute atomic E-state index is 0.0338. The topological polar surface area (TPSA) is 92.7 Å². The Morgan fingerprint density at radius 3 is 2.76 bits per heavy atom. The number of nitrogens with one attached hydrogen (secondary N) is 1. The van der Waals surface area contributed by atoms with Crippen LogP contribution in [-0.2, 0) is 19.4 Å². The summed E-state index contributed by atoms with van der Waals surface area (Å²) in [6.07, 6.45) is 0.843. The van der Waals surface area contributed by atoms with Gasteiger partial charge in [0.15, 0.2) is 9.84 Å². The van der Waals surface area contributed by atoms with Crippen molar-refractivity contribution in [1.82, 2.24) is 5.32 Å². The van der Waals surface area contributed by atoms with Gasteiger partial charge in [-0.2, -0.15) is 0 Å². The van der Waals surface area contributed by atoms with Gasteiger partial charge in [0.1, 0.15) is 0 Å². The lowest BCUT2D eigenvalue weighted by Crippen LogP contribution is -2.29. The van der Waals surface area contributed by atoms with Gasteiger partial charge < -0.3 is 15.2 Å². The third-order valence-electron chi connectivity index (χ3n) is 2.61. The zero-order valence-corrected chi connectivity index (χ0v) is 10.5. The SMILES string of the molecule is O=C(CC1CCS(=O)(=O)C1)NCCOCCO. The number of carbonyl (C=O) groups is 1. The number of hydrogen-bond acceptors (Lipinski definition) is 5. The molecule has 2 N–H and O–H groups in total. The first kappa shape index (κ1) is 14.4. The third-order valence-corrected chi connectivity index (χ3v) is 4.44. The highest BCUT2D eigenvalue weighted by Gasteiger charge is 2.29. The maximum atomic E-state index is 11.4. The smallest absolute Gasteiger partial charge is 0.220 e. The quantitative estimate of drug-likeness (QED) is 0.572. The third kappa shape index (κ3) is 5.99. The van der Waals surface area contributed by atoms with Gasteiger partial charge in [-0.1, -0.05) is 0 Å².